The molecule has 3 N–H and O–H groups in total. The largest absolute Gasteiger partial charge is 0.435 e. The maximum Gasteiger partial charge on any atom is 0.387 e. The number of halogens is 2. The Morgan fingerprint density at radius 1 is 1.21 bits per heavy atom. The number of benzene rings is 2. The van der Waals surface area contributed by atoms with E-state index in [2.05, 4.69) is 20.3 Å². The summed E-state index contributed by atoms with van der Waals surface area (Å²) in [5.74, 6) is 5.82. The van der Waals surface area contributed by atoms with Gasteiger partial charge in [-0.1, -0.05) is 17.8 Å². The van der Waals surface area contributed by atoms with Gasteiger partial charge >= 0.3 is 6.61 Å². The van der Waals surface area contributed by atoms with E-state index in [1.807, 2.05) is 0 Å². The monoisotopic (exact) mass is 512 g/mol. The number of thioether (sulfide) groups is 1. The quantitative estimate of drug-likeness (QED) is 0.330. The molecule has 0 radical (unpaired) electrons. The number of nitrogens with two attached hydrogens (primary N) is 1. The second-order valence-corrected chi connectivity index (χ2v) is 10.3. The van der Waals surface area contributed by atoms with Crippen molar-refractivity contribution in [1.29, 1.82) is 0 Å². The summed E-state index contributed by atoms with van der Waals surface area (Å²) in [6.45, 7) is -1.18. The minimum Gasteiger partial charge on any atom is -0.435 e. The van der Waals surface area contributed by atoms with Crippen LogP contribution in [0.5, 0.6) is 5.75 Å². The molecule has 10 nitrogen and oxygen atoms in total. The van der Waals surface area contributed by atoms with Crippen LogP contribution in [0.4, 0.5) is 14.5 Å². The van der Waals surface area contributed by atoms with Gasteiger partial charge in [0.15, 0.2) is 5.82 Å². The molecule has 3 rings (SSSR count). The smallest absolute Gasteiger partial charge is 0.387 e. The second-order valence-electron chi connectivity index (χ2n) is 7.18. The average molecular weight is 513 g/mol. The van der Waals surface area contributed by atoms with Crippen molar-refractivity contribution in [2.24, 2.45) is 0 Å². The first kappa shape index (κ1) is 25.4. The number of aryl methyl sites for hydroxylation is 1. The molecule has 0 aliphatic rings. The summed E-state index contributed by atoms with van der Waals surface area (Å²) in [5.41, 5.74) is 1.58. The number of aromatic nitrogens is 3. The molecule has 2 aromatic carbocycles. The van der Waals surface area contributed by atoms with E-state index in [0.717, 1.165) is 16.1 Å². The zero-order chi connectivity index (χ0) is 25.0. The van der Waals surface area contributed by atoms with Crippen LogP contribution in [0.2, 0.25) is 0 Å². The van der Waals surface area contributed by atoms with E-state index in [0.29, 0.717) is 16.8 Å². The van der Waals surface area contributed by atoms with Crippen LogP contribution < -0.4 is 15.9 Å². The van der Waals surface area contributed by atoms with E-state index in [4.69, 9.17) is 5.84 Å². The van der Waals surface area contributed by atoms with Gasteiger partial charge in [0.2, 0.25) is 21.1 Å². The average Bonchev–Trinajstić information content (AvgIpc) is 3.14. The molecule has 1 amide bonds. The van der Waals surface area contributed by atoms with Crippen molar-refractivity contribution in [3.63, 3.8) is 0 Å². The maximum atomic E-state index is 12.5. The Balaban J connectivity index is 1.67. The molecule has 0 saturated carbocycles. The van der Waals surface area contributed by atoms with Crippen LogP contribution in [0, 0.1) is 6.92 Å². The standard InChI is InChI=1S/C20H22F2N6O4S2/c1-12-4-9-15(34(30,31)27(2)3)10-16(12)24-17(29)11-33-20-26-25-18(28(20)23)13-5-7-14(8-6-13)32-19(21)22/h4-10,19H,11,23H2,1-3H3,(H,24,29). The number of rotatable bonds is 9. The summed E-state index contributed by atoms with van der Waals surface area (Å²) in [4.78, 5) is 12.5. The Labute approximate surface area is 199 Å². The van der Waals surface area contributed by atoms with E-state index < -0.39 is 22.5 Å². The van der Waals surface area contributed by atoms with Gasteiger partial charge in [-0.3, -0.25) is 4.79 Å². The molecule has 0 atom stereocenters. The first-order valence-corrected chi connectivity index (χ1v) is 12.1. The Hall–Kier alpha value is -3.23. The first-order valence-electron chi connectivity index (χ1n) is 9.70. The molecule has 0 fully saturated rings. The number of nitrogen functional groups attached to an aromatic ring is 1. The van der Waals surface area contributed by atoms with Crippen LogP contribution in [0.3, 0.4) is 0 Å². The molecule has 34 heavy (non-hydrogen) atoms. The highest BCUT2D eigenvalue weighted by atomic mass is 32.2. The lowest BCUT2D eigenvalue weighted by Gasteiger charge is -2.14. The Kier molecular flexibility index (Phi) is 7.74. The predicted octanol–water partition coefficient (Wildman–Crippen LogP) is 2.55. The highest BCUT2D eigenvalue weighted by Gasteiger charge is 2.19. The lowest BCUT2D eigenvalue weighted by atomic mass is 10.2. The highest BCUT2D eigenvalue weighted by molar-refractivity contribution is 7.99. The van der Waals surface area contributed by atoms with Gasteiger partial charge in [0.25, 0.3) is 0 Å². The van der Waals surface area contributed by atoms with Gasteiger partial charge in [0.1, 0.15) is 5.75 Å². The molecule has 0 unspecified atom stereocenters. The minimum atomic E-state index is -3.65. The minimum absolute atomic E-state index is 0.00847. The highest BCUT2D eigenvalue weighted by Crippen LogP contribution is 2.25. The number of sulfonamides is 1. The molecule has 182 valence electrons. The molecule has 0 saturated heterocycles. The number of amides is 1. The summed E-state index contributed by atoms with van der Waals surface area (Å²) in [6.07, 6.45) is 0. The second kappa shape index (κ2) is 10.4. The maximum absolute atomic E-state index is 12.5. The third-order valence-corrected chi connectivity index (χ3v) is 7.35. The van der Waals surface area contributed by atoms with Crippen LogP contribution in [-0.2, 0) is 14.8 Å². The van der Waals surface area contributed by atoms with Crippen LogP contribution in [-0.4, -0.2) is 60.0 Å². The molecule has 0 aliphatic heterocycles. The van der Waals surface area contributed by atoms with Gasteiger partial charge in [-0.2, -0.15) is 8.78 Å². The van der Waals surface area contributed by atoms with Gasteiger partial charge < -0.3 is 15.9 Å². The number of nitrogens with zero attached hydrogens (tertiary/aromatic N) is 4. The number of carbonyl (C=O) groups excluding carboxylic acids is 1. The van der Waals surface area contributed by atoms with Crippen LogP contribution in [0.15, 0.2) is 52.5 Å². The van der Waals surface area contributed by atoms with E-state index in [9.17, 15) is 22.0 Å². The first-order chi connectivity index (χ1) is 16.0. The molecule has 0 spiro atoms. The fraction of sp³-hybridized carbons (Fsp3) is 0.250. The van der Waals surface area contributed by atoms with E-state index in [1.54, 1.807) is 13.0 Å². The van der Waals surface area contributed by atoms with Crippen molar-refractivity contribution in [2.45, 2.75) is 23.6 Å². The number of alkyl halides is 2. The van der Waals surface area contributed by atoms with Crippen molar-refractivity contribution < 1.29 is 26.7 Å². The topological polar surface area (TPSA) is 132 Å². The lowest BCUT2D eigenvalue weighted by Crippen LogP contribution is -2.23. The van der Waals surface area contributed by atoms with Crippen LogP contribution in [0.1, 0.15) is 5.56 Å². The third-order valence-electron chi connectivity index (χ3n) is 4.60. The summed E-state index contributed by atoms with van der Waals surface area (Å²) >= 11 is 1.02. The summed E-state index contributed by atoms with van der Waals surface area (Å²) in [5, 5.41) is 10.9. The zero-order valence-corrected chi connectivity index (χ0v) is 20.0. The normalized spacial score (nSPS) is 11.7. The van der Waals surface area contributed by atoms with Crippen molar-refractivity contribution in [3.8, 4) is 17.1 Å². The number of carbonyl (C=O) groups is 1. The Morgan fingerprint density at radius 2 is 1.88 bits per heavy atom. The number of hydrogen-bond acceptors (Lipinski definition) is 8. The molecule has 3 aromatic rings. The molecule has 1 aromatic heterocycles. The van der Waals surface area contributed by atoms with E-state index >= 15 is 0 Å². The van der Waals surface area contributed by atoms with E-state index in [1.165, 1.54) is 55.2 Å². The summed E-state index contributed by atoms with van der Waals surface area (Å²) in [7, 11) is -0.805. The molecule has 14 heteroatoms. The van der Waals surface area contributed by atoms with Crippen molar-refractivity contribution in [3.05, 3.63) is 48.0 Å². The van der Waals surface area contributed by atoms with Crippen LogP contribution >= 0.6 is 11.8 Å². The Morgan fingerprint density at radius 3 is 2.50 bits per heavy atom. The van der Waals surface area contributed by atoms with Crippen molar-refractivity contribution in [2.75, 3.05) is 31.0 Å². The van der Waals surface area contributed by atoms with Crippen LogP contribution in [0.25, 0.3) is 11.4 Å². The molecule has 0 aliphatic carbocycles. The van der Waals surface area contributed by atoms with Gasteiger partial charge in [-0.25, -0.2) is 17.4 Å². The van der Waals surface area contributed by atoms with Crippen molar-refractivity contribution >= 4 is 33.4 Å². The summed E-state index contributed by atoms with van der Waals surface area (Å²) in [6, 6.07) is 10.2. The number of ether oxygens (including phenoxy) is 1. The predicted molar refractivity (Wildman–Crippen MR) is 124 cm³/mol. The molecule has 0 bridgehead atoms. The van der Waals surface area contributed by atoms with Gasteiger partial charge in [-0.05, 0) is 48.9 Å². The number of anilines is 1. The van der Waals surface area contributed by atoms with Gasteiger partial charge in [-0.15, -0.1) is 10.2 Å². The fourth-order valence-electron chi connectivity index (χ4n) is 2.78. The lowest BCUT2D eigenvalue weighted by molar-refractivity contribution is -0.113. The third kappa shape index (κ3) is 5.81. The van der Waals surface area contributed by atoms with Gasteiger partial charge in [0, 0.05) is 25.3 Å². The van der Waals surface area contributed by atoms with E-state index in [-0.39, 0.29) is 27.4 Å². The summed E-state index contributed by atoms with van der Waals surface area (Å²) < 4.78 is 55.9. The number of hydrogen-bond donors (Lipinski definition) is 2. The molecule has 1 heterocycles. The SMILES string of the molecule is Cc1ccc(S(=O)(=O)N(C)C)cc1NC(=O)CSc1nnc(-c2ccc(OC(F)F)cc2)n1N. The fourth-order valence-corrected chi connectivity index (χ4v) is 4.37. The van der Waals surface area contributed by atoms with Crippen molar-refractivity contribution in [1.82, 2.24) is 19.2 Å². The Bertz CT molecular complexity index is 1280. The van der Waals surface area contributed by atoms with Gasteiger partial charge in [0.05, 0.1) is 10.6 Å². The zero-order valence-electron chi connectivity index (χ0n) is 18.4. The molecular formula is C20H22F2N6O4S2. The molecular weight excluding hydrogens is 490 g/mol. The number of nitrogens with one attached hydrogen (secondary N) is 1.